The first-order valence-electron chi connectivity index (χ1n) is 3.32. The van der Waals surface area contributed by atoms with Crippen LogP contribution in [0.5, 0.6) is 0 Å². The molecule has 0 nitrogen and oxygen atoms in total. The Balaban J connectivity index is 2.52. The maximum absolute atomic E-state index is 5.12. The van der Waals surface area contributed by atoms with Crippen molar-refractivity contribution in [3.8, 4) is 12.3 Å². The predicted octanol–water partition coefficient (Wildman–Crippen LogP) is 2.05. The quantitative estimate of drug-likeness (QED) is 0.536. The molecule has 0 saturated heterocycles. The van der Waals surface area contributed by atoms with Crippen LogP contribution >= 0.6 is 0 Å². The molecule has 0 aliphatic carbocycles. The van der Waals surface area contributed by atoms with Crippen LogP contribution in [0.15, 0.2) is 24.3 Å². The van der Waals surface area contributed by atoms with Gasteiger partial charge >= 0.3 is 0 Å². The Labute approximate surface area is 61.9 Å². The van der Waals surface area contributed by atoms with Crippen molar-refractivity contribution in [1.29, 1.82) is 0 Å². The van der Waals surface area contributed by atoms with Crippen molar-refractivity contribution in [2.75, 3.05) is 0 Å². The van der Waals surface area contributed by atoms with Crippen molar-refractivity contribution in [2.45, 2.75) is 12.8 Å². The fraction of sp³-hybridized carbons (Fsp3) is 0.200. The van der Waals surface area contributed by atoms with Crippen LogP contribution in [0.4, 0.5) is 0 Å². The average molecular weight is 129 g/mol. The Hall–Kier alpha value is -1.22. The monoisotopic (exact) mass is 129 g/mol. The van der Waals surface area contributed by atoms with Crippen molar-refractivity contribution in [3.63, 3.8) is 0 Å². The first kappa shape index (κ1) is 6.89. The van der Waals surface area contributed by atoms with Crippen molar-refractivity contribution in [2.24, 2.45) is 0 Å². The minimum Gasteiger partial charge on any atom is -0.120 e. The lowest BCUT2D eigenvalue weighted by Crippen LogP contribution is -1.80. The van der Waals surface area contributed by atoms with Gasteiger partial charge in [-0.25, -0.2) is 0 Å². The highest BCUT2D eigenvalue weighted by Gasteiger charge is 1.86. The molecule has 0 bridgehead atoms. The van der Waals surface area contributed by atoms with E-state index in [4.69, 9.17) is 6.42 Å². The number of benzene rings is 1. The summed E-state index contributed by atoms with van der Waals surface area (Å²) in [5, 5.41) is 0. The third-order valence-corrected chi connectivity index (χ3v) is 1.35. The number of aryl methyl sites for hydroxylation is 1. The Bertz CT molecular complexity index is 216. The lowest BCUT2D eigenvalue weighted by molar-refractivity contribution is 1.03. The Morgan fingerprint density at radius 3 is 2.70 bits per heavy atom. The minimum absolute atomic E-state index is 0.823. The molecule has 0 atom stereocenters. The van der Waals surface area contributed by atoms with Crippen LogP contribution in [0.1, 0.15) is 12.0 Å². The molecule has 0 heterocycles. The Morgan fingerprint density at radius 2 is 2.10 bits per heavy atom. The van der Waals surface area contributed by atoms with Gasteiger partial charge in [0, 0.05) is 6.42 Å². The van der Waals surface area contributed by atoms with Crippen molar-refractivity contribution in [1.82, 2.24) is 0 Å². The zero-order valence-corrected chi connectivity index (χ0v) is 5.80. The van der Waals surface area contributed by atoms with E-state index in [0.717, 1.165) is 12.8 Å². The van der Waals surface area contributed by atoms with Gasteiger partial charge in [0.25, 0.3) is 0 Å². The second kappa shape index (κ2) is 3.74. The normalized spacial score (nSPS) is 8.70. The maximum atomic E-state index is 5.12. The Kier molecular flexibility index (Phi) is 2.58. The highest BCUT2D eigenvalue weighted by molar-refractivity contribution is 5.14. The molecule has 0 N–H and O–H groups in total. The van der Waals surface area contributed by atoms with Gasteiger partial charge in [-0.1, -0.05) is 24.3 Å². The smallest absolute Gasteiger partial charge is 0.0127 e. The lowest BCUT2D eigenvalue weighted by Gasteiger charge is -1.93. The highest BCUT2D eigenvalue weighted by atomic mass is 13.9. The zero-order valence-electron chi connectivity index (χ0n) is 5.80. The van der Waals surface area contributed by atoms with E-state index in [0.29, 0.717) is 0 Å². The molecule has 0 saturated carbocycles. The van der Waals surface area contributed by atoms with Crippen LogP contribution in [-0.2, 0) is 6.42 Å². The van der Waals surface area contributed by atoms with Gasteiger partial charge in [-0.15, -0.1) is 12.3 Å². The molecule has 49 valence electrons. The lowest BCUT2D eigenvalue weighted by atomic mass is 10.1. The van der Waals surface area contributed by atoms with Gasteiger partial charge in [-0.2, -0.15) is 0 Å². The summed E-state index contributed by atoms with van der Waals surface area (Å²) >= 11 is 0. The van der Waals surface area contributed by atoms with Crippen molar-refractivity contribution in [3.05, 3.63) is 35.9 Å². The zero-order chi connectivity index (χ0) is 7.23. The third-order valence-electron chi connectivity index (χ3n) is 1.35. The van der Waals surface area contributed by atoms with Crippen LogP contribution in [0.25, 0.3) is 0 Å². The van der Waals surface area contributed by atoms with E-state index in [1.54, 1.807) is 0 Å². The van der Waals surface area contributed by atoms with E-state index < -0.39 is 0 Å². The molecule has 1 rings (SSSR count). The highest BCUT2D eigenvalue weighted by Crippen LogP contribution is 2.00. The summed E-state index contributed by atoms with van der Waals surface area (Å²) in [4.78, 5) is 0. The van der Waals surface area contributed by atoms with Gasteiger partial charge < -0.3 is 0 Å². The number of hydrogen-bond donors (Lipinski definition) is 0. The van der Waals surface area contributed by atoms with E-state index >= 15 is 0 Å². The van der Waals surface area contributed by atoms with Crippen LogP contribution in [0.2, 0.25) is 0 Å². The summed E-state index contributed by atoms with van der Waals surface area (Å²) in [5.41, 5.74) is 1.29. The van der Waals surface area contributed by atoms with Gasteiger partial charge in [0.1, 0.15) is 0 Å². The van der Waals surface area contributed by atoms with Gasteiger partial charge in [0.2, 0.25) is 0 Å². The average Bonchev–Trinajstić information content (AvgIpc) is 2.03. The Morgan fingerprint density at radius 1 is 1.40 bits per heavy atom. The molecular weight excluding hydrogens is 120 g/mol. The summed E-state index contributed by atoms with van der Waals surface area (Å²) in [6, 6.07) is 10.9. The maximum Gasteiger partial charge on any atom is 0.0127 e. The molecule has 10 heavy (non-hydrogen) atoms. The second-order valence-corrected chi connectivity index (χ2v) is 2.11. The number of hydrogen-bond acceptors (Lipinski definition) is 0. The van der Waals surface area contributed by atoms with E-state index in [9.17, 15) is 0 Å². The summed E-state index contributed by atoms with van der Waals surface area (Å²) in [6.07, 6.45) is 6.92. The van der Waals surface area contributed by atoms with Gasteiger partial charge in [0.05, 0.1) is 0 Å². The first-order valence-corrected chi connectivity index (χ1v) is 3.32. The predicted molar refractivity (Wildman–Crippen MR) is 42.4 cm³/mol. The van der Waals surface area contributed by atoms with E-state index in [2.05, 4.69) is 12.0 Å². The number of rotatable bonds is 2. The minimum atomic E-state index is 0.823. The fourth-order valence-electron chi connectivity index (χ4n) is 0.805. The molecule has 0 aromatic heterocycles. The molecule has 1 aromatic rings. The topological polar surface area (TPSA) is 0 Å². The van der Waals surface area contributed by atoms with Gasteiger partial charge in [-0.05, 0) is 18.1 Å². The van der Waals surface area contributed by atoms with Gasteiger partial charge in [-0.3, -0.25) is 0 Å². The molecule has 1 radical (unpaired) electrons. The summed E-state index contributed by atoms with van der Waals surface area (Å²) < 4.78 is 0. The molecule has 0 unspecified atom stereocenters. The molecule has 0 fully saturated rings. The third kappa shape index (κ3) is 1.95. The molecule has 0 aliphatic heterocycles. The van der Waals surface area contributed by atoms with E-state index in [1.165, 1.54) is 5.56 Å². The fourth-order valence-corrected chi connectivity index (χ4v) is 0.805. The molecule has 0 amide bonds. The molecule has 1 aromatic carbocycles. The molecule has 0 spiro atoms. The standard InChI is InChI=1S/C10H9/c1-2-3-7-10-8-5-4-6-9-10/h1,5-6,8-9H,3,7H2. The summed E-state index contributed by atoms with van der Waals surface area (Å²) in [6.45, 7) is 0. The van der Waals surface area contributed by atoms with Crippen LogP contribution in [0.3, 0.4) is 0 Å². The first-order chi connectivity index (χ1) is 4.93. The van der Waals surface area contributed by atoms with E-state index in [-0.39, 0.29) is 0 Å². The molecular formula is C10H9. The second-order valence-electron chi connectivity index (χ2n) is 2.11. The SMILES string of the molecule is C#CCCc1cc[c]cc1. The van der Waals surface area contributed by atoms with E-state index in [1.807, 2.05) is 24.3 Å². The summed E-state index contributed by atoms with van der Waals surface area (Å²) in [7, 11) is 0. The largest absolute Gasteiger partial charge is 0.120 e. The van der Waals surface area contributed by atoms with Crippen LogP contribution in [0, 0.1) is 18.4 Å². The number of terminal acetylenes is 1. The molecule has 0 aliphatic rings. The van der Waals surface area contributed by atoms with Crippen LogP contribution in [-0.4, -0.2) is 0 Å². The van der Waals surface area contributed by atoms with Crippen molar-refractivity contribution < 1.29 is 0 Å². The van der Waals surface area contributed by atoms with Crippen LogP contribution < -0.4 is 0 Å². The molecule has 0 heteroatoms. The van der Waals surface area contributed by atoms with Gasteiger partial charge in [0.15, 0.2) is 0 Å². The van der Waals surface area contributed by atoms with Crippen molar-refractivity contribution >= 4 is 0 Å². The summed E-state index contributed by atoms with van der Waals surface area (Å²) in [5.74, 6) is 2.61.